The lowest BCUT2D eigenvalue weighted by atomic mass is 10.1. The van der Waals surface area contributed by atoms with Crippen LogP contribution in [0.25, 0.3) is 21.8 Å². The fraction of sp³-hybridized carbons (Fsp3) is 0.294. The second kappa shape index (κ2) is 6.76. The van der Waals surface area contributed by atoms with Crippen LogP contribution in [0.5, 0.6) is 0 Å². The number of nitrogens with zero attached hydrogens (tertiary/aromatic N) is 1. The van der Waals surface area contributed by atoms with Gasteiger partial charge in [-0.2, -0.15) is 0 Å². The van der Waals surface area contributed by atoms with Crippen molar-refractivity contribution in [2.75, 3.05) is 20.3 Å². The Bertz CT molecular complexity index is 842. The summed E-state index contributed by atoms with van der Waals surface area (Å²) in [4.78, 5) is 19.7. The fourth-order valence-electron chi connectivity index (χ4n) is 2.66. The summed E-state index contributed by atoms with van der Waals surface area (Å²) in [7, 11) is 1.35. The van der Waals surface area contributed by atoms with Crippen molar-refractivity contribution in [1.82, 2.24) is 15.3 Å². The topological polar surface area (TPSA) is 87.2 Å². The smallest absolute Gasteiger partial charge is 0.356 e. The highest BCUT2D eigenvalue weighted by atomic mass is 16.5. The molecule has 1 aromatic carbocycles. The number of para-hydroxylation sites is 1. The van der Waals surface area contributed by atoms with Crippen LogP contribution >= 0.6 is 0 Å². The second-order valence-corrected chi connectivity index (χ2v) is 5.29. The molecule has 0 aliphatic heterocycles. The highest BCUT2D eigenvalue weighted by Gasteiger charge is 2.15. The van der Waals surface area contributed by atoms with Gasteiger partial charge in [0.2, 0.25) is 0 Å². The van der Waals surface area contributed by atoms with Crippen molar-refractivity contribution in [1.29, 1.82) is 0 Å². The van der Waals surface area contributed by atoms with Crippen molar-refractivity contribution in [2.45, 2.75) is 13.0 Å². The first-order valence-corrected chi connectivity index (χ1v) is 7.55. The van der Waals surface area contributed by atoms with Gasteiger partial charge in [-0.05, 0) is 25.1 Å². The van der Waals surface area contributed by atoms with Gasteiger partial charge in [0.1, 0.15) is 5.69 Å². The molecule has 0 saturated heterocycles. The van der Waals surface area contributed by atoms with Gasteiger partial charge in [0.05, 0.1) is 18.3 Å². The van der Waals surface area contributed by atoms with Gasteiger partial charge in [-0.15, -0.1) is 0 Å². The number of carbonyl (C=O) groups is 1. The summed E-state index contributed by atoms with van der Waals surface area (Å²) in [5.74, 6) is -0.450. The Balaban J connectivity index is 2.09. The largest absolute Gasteiger partial charge is 0.464 e. The molecule has 23 heavy (non-hydrogen) atoms. The molecule has 0 saturated carbocycles. The van der Waals surface area contributed by atoms with E-state index in [1.807, 2.05) is 24.3 Å². The summed E-state index contributed by atoms with van der Waals surface area (Å²) < 4.78 is 4.81. The average molecular weight is 313 g/mol. The zero-order valence-corrected chi connectivity index (χ0v) is 12.9. The van der Waals surface area contributed by atoms with E-state index >= 15 is 0 Å². The number of fused-ring (bicyclic) bond motifs is 3. The standard InChI is InChI=1S/C17H19N3O3/c1-23-17(22)14-9-12-11-5-2-3-6-13(11)20-16(12)15(19-14)10-18-7-4-8-21/h2-3,5-6,9,18,20-21H,4,7-8,10H2,1H3. The van der Waals surface area contributed by atoms with Crippen molar-refractivity contribution < 1.29 is 14.6 Å². The number of ether oxygens (including phenoxy) is 1. The monoisotopic (exact) mass is 313 g/mol. The van der Waals surface area contributed by atoms with Crippen molar-refractivity contribution in [3.05, 3.63) is 41.7 Å². The first-order chi connectivity index (χ1) is 11.2. The van der Waals surface area contributed by atoms with Gasteiger partial charge in [0.25, 0.3) is 0 Å². The molecule has 0 aliphatic carbocycles. The lowest BCUT2D eigenvalue weighted by molar-refractivity contribution is 0.0594. The number of rotatable bonds is 6. The average Bonchev–Trinajstić information content (AvgIpc) is 2.96. The lowest BCUT2D eigenvalue weighted by Crippen LogP contribution is -2.18. The number of esters is 1. The van der Waals surface area contributed by atoms with Crippen LogP contribution in [-0.2, 0) is 11.3 Å². The molecule has 2 aromatic heterocycles. The predicted octanol–water partition coefficient (Wildman–Crippen LogP) is 1.97. The molecule has 6 heteroatoms. The Labute approximate surface area is 133 Å². The van der Waals surface area contributed by atoms with E-state index in [2.05, 4.69) is 15.3 Å². The molecule has 120 valence electrons. The van der Waals surface area contributed by atoms with E-state index in [1.165, 1.54) is 7.11 Å². The van der Waals surface area contributed by atoms with E-state index < -0.39 is 5.97 Å². The summed E-state index contributed by atoms with van der Waals surface area (Å²) in [5, 5.41) is 14.1. The third-order valence-corrected chi connectivity index (χ3v) is 3.77. The molecule has 0 amide bonds. The van der Waals surface area contributed by atoms with Crippen molar-refractivity contribution in [2.24, 2.45) is 0 Å². The molecule has 0 bridgehead atoms. The first-order valence-electron chi connectivity index (χ1n) is 7.55. The van der Waals surface area contributed by atoms with Gasteiger partial charge in [-0.3, -0.25) is 0 Å². The van der Waals surface area contributed by atoms with Gasteiger partial charge in [-0.25, -0.2) is 9.78 Å². The number of methoxy groups -OCH3 is 1. The number of carbonyl (C=O) groups excluding carboxylic acids is 1. The predicted molar refractivity (Wildman–Crippen MR) is 88.3 cm³/mol. The Morgan fingerprint density at radius 3 is 2.96 bits per heavy atom. The van der Waals surface area contributed by atoms with Crippen LogP contribution in [0.1, 0.15) is 22.6 Å². The fourth-order valence-corrected chi connectivity index (χ4v) is 2.66. The number of benzene rings is 1. The number of hydrogen-bond donors (Lipinski definition) is 3. The van der Waals surface area contributed by atoms with Crippen LogP contribution in [0.15, 0.2) is 30.3 Å². The molecule has 3 aromatic rings. The Morgan fingerprint density at radius 2 is 2.17 bits per heavy atom. The quantitative estimate of drug-likeness (QED) is 0.478. The van der Waals surface area contributed by atoms with E-state index in [0.717, 1.165) is 27.5 Å². The molecule has 6 nitrogen and oxygen atoms in total. The van der Waals surface area contributed by atoms with Crippen LogP contribution in [0, 0.1) is 0 Å². The molecule has 3 N–H and O–H groups in total. The molecule has 0 radical (unpaired) electrons. The van der Waals surface area contributed by atoms with Crippen LogP contribution in [-0.4, -0.2) is 41.3 Å². The Kier molecular flexibility index (Phi) is 4.55. The minimum absolute atomic E-state index is 0.143. The number of aromatic nitrogens is 2. The maximum atomic E-state index is 11.9. The van der Waals surface area contributed by atoms with Gasteiger partial charge >= 0.3 is 5.97 Å². The number of pyridine rings is 1. The maximum Gasteiger partial charge on any atom is 0.356 e. The highest BCUT2D eigenvalue weighted by molar-refractivity contribution is 6.09. The van der Waals surface area contributed by atoms with Gasteiger partial charge in [-0.1, -0.05) is 18.2 Å². The molecule has 0 aliphatic rings. The zero-order valence-electron chi connectivity index (χ0n) is 12.9. The third kappa shape index (κ3) is 3.04. The summed E-state index contributed by atoms with van der Waals surface area (Å²) in [5.41, 5.74) is 2.97. The first kappa shape index (κ1) is 15.5. The highest BCUT2D eigenvalue weighted by Crippen LogP contribution is 2.27. The number of aliphatic hydroxyl groups excluding tert-OH is 1. The Hall–Kier alpha value is -2.44. The molecule has 0 fully saturated rings. The normalized spacial score (nSPS) is 11.2. The van der Waals surface area contributed by atoms with Gasteiger partial charge in [0, 0.05) is 29.4 Å². The second-order valence-electron chi connectivity index (χ2n) is 5.29. The summed E-state index contributed by atoms with van der Waals surface area (Å²) >= 11 is 0. The molecule has 0 unspecified atom stereocenters. The number of H-pyrrole nitrogens is 1. The third-order valence-electron chi connectivity index (χ3n) is 3.77. The van der Waals surface area contributed by atoms with E-state index in [4.69, 9.17) is 9.84 Å². The van der Waals surface area contributed by atoms with Crippen molar-refractivity contribution in [3.63, 3.8) is 0 Å². The van der Waals surface area contributed by atoms with Gasteiger partial charge in [0.15, 0.2) is 0 Å². The van der Waals surface area contributed by atoms with E-state index in [0.29, 0.717) is 25.2 Å². The van der Waals surface area contributed by atoms with Crippen molar-refractivity contribution >= 4 is 27.8 Å². The number of nitrogens with one attached hydrogen (secondary N) is 2. The summed E-state index contributed by atoms with van der Waals surface area (Å²) in [6.07, 6.45) is 0.673. The molecule has 0 spiro atoms. The van der Waals surface area contributed by atoms with E-state index in [-0.39, 0.29) is 6.61 Å². The zero-order chi connectivity index (χ0) is 16.2. The van der Waals surface area contributed by atoms with Crippen molar-refractivity contribution in [3.8, 4) is 0 Å². The number of hydrogen-bond acceptors (Lipinski definition) is 5. The molecule has 2 heterocycles. The molecule has 3 rings (SSSR count). The van der Waals surface area contributed by atoms with Crippen LogP contribution < -0.4 is 5.32 Å². The van der Waals surface area contributed by atoms with Gasteiger partial charge < -0.3 is 20.1 Å². The minimum atomic E-state index is -0.450. The lowest BCUT2D eigenvalue weighted by Gasteiger charge is -2.07. The molecule has 0 atom stereocenters. The number of aliphatic hydroxyl groups is 1. The molecular weight excluding hydrogens is 294 g/mol. The summed E-state index contributed by atoms with van der Waals surface area (Å²) in [6, 6.07) is 9.70. The maximum absolute atomic E-state index is 11.9. The summed E-state index contributed by atoms with van der Waals surface area (Å²) in [6.45, 7) is 1.33. The molecular formula is C17H19N3O3. The van der Waals surface area contributed by atoms with Crippen LogP contribution in [0.4, 0.5) is 0 Å². The SMILES string of the molecule is COC(=O)c1cc2c([nH]c3ccccc32)c(CNCCCO)n1. The minimum Gasteiger partial charge on any atom is -0.464 e. The van der Waals surface area contributed by atoms with E-state index in [9.17, 15) is 4.79 Å². The van der Waals surface area contributed by atoms with E-state index in [1.54, 1.807) is 6.07 Å². The van der Waals surface area contributed by atoms with Crippen LogP contribution in [0.2, 0.25) is 0 Å². The Morgan fingerprint density at radius 1 is 1.35 bits per heavy atom. The van der Waals surface area contributed by atoms with Crippen LogP contribution in [0.3, 0.4) is 0 Å². The number of aromatic amines is 1.